The molecule has 0 saturated carbocycles. The normalized spacial score (nSPS) is 19.1. The number of sulfonamides is 1. The number of amides is 3. The summed E-state index contributed by atoms with van der Waals surface area (Å²) >= 11 is 0. The molecule has 2 aliphatic rings. The predicted molar refractivity (Wildman–Crippen MR) is 125 cm³/mol. The SMILES string of the molecule is CS(=O)(=O)N(C(=O)CCC(=O)N1CCOCC1)C1CCCN(C(=O)OCc2ccccc2)CC1=O. The highest BCUT2D eigenvalue weighted by Crippen LogP contribution is 2.20. The van der Waals surface area contributed by atoms with Crippen LogP contribution in [0.4, 0.5) is 4.79 Å². The molecule has 0 aromatic heterocycles. The van der Waals surface area contributed by atoms with Gasteiger partial charge in [0.1, 0.15) is 12.6 Å². The van der Waals surface area contributed by atoms with Gasteiger partial charge in [0, 0.05) is 32.5 Å². The van der Waals surface area contributed by atoms with Crippen LogP contribution in [0.1, 0.15) is 31.2 Å². The smallest absolute Gasteiger partial charge is 0.410 e. The van der Waals surface area contributed by atoms with Crippen LogP contribution in [0.15, 0.2) is 30.3 Å². The predicted octanol–water partition coefficient (Wildman–Crippen LogP) is 0.784. The Bertz CT molecular complexity index is 1020. The third-order valence-corrected chi connectivity index (χ3v) is 7.06. The molecule has 0 bridgehead atoms. The lowest BCUT2D eigenvalue weighted by molar-refractivity contribution is -0.139. The summed E-state index contributed by atoms with van der Waals surface area (Å²) in [5.41, 5.74) is 0.792. The number of morpholine rings is 1. The number of hydrogen-bond acceptors (Lipinski definition) is 8. The highest BCUT2D eigenvalue weighted by Gasteiger charge is 2.39. The lowest BCUT2D eigenvalue weighted by Crippen LogP contribution is -2.50. The second-order valence-corrected chi connectivity index (χ2v) is 10.4. The number of ketones is 1. The summed E-state index contributed by atoms with van der Waals surface area (Å²) in [4.78, 5) is 53.6. The van der Waals surface area contributed by atoms with Crippen LogP contribution >= 0.6 is 0 Å². The van der Waals surface area contributed by atoms with Crippen molar-refractivity contribution in [1.29, 1.82) is 0 Å². The first-order valence-corrected chi connectivity index (χ1v) is 13.4. The van der Waals surface area contributed by atoms with E-state index in [1.54, 1.807) is 17.0 Å². The number of benzene rings is 1. The Labute approximate surface area is 205 Å². The molecule has 2 saturated heterocycles. The van der Waals surface area contributed by atoms with Gasteiger partial charge in [0.25, 0.3) is 0 Å². The van der Waals surface area contributed by atoms with E-state index in [1.165, 1.54) is 4.90 Å². The van der Waals surface area contributed by atoms with Crippen molar-refractivity contribution in [2.45, 2.75) is 38.3 Å². The zero-order valence-corrected chi connectivity index (χ0v) is 20.6. The van der Waals surface area contributed by atoms with Gasteiger partial charge in [0.15, 0.2) is 5.78 Å². The maximum absolute atomic E-state index is 13.0. The molecule has 2 heterocycles. The molecule has 0 N–H and O–H groups in total. The Hall–Kier alpha value is -2.99. The Morgan fingerprint density at radius 2 is 1.74 bits per heavy atom. The van der Waals surface area contributed by atoms with E-state index in [0.717, 1.165) is 11.8 Å². The molecule has 192 valence electrons. The van der Waals surface area contributed by atoms with E-state index >= 15 is 0 Å². The molecular weight excluding hydrogens is 478 g/mol. The Morgan fingerprint density at radius 3 is 2.40 bits per heavy atom. The molecule has 1 atom stereocenters. The van der Waals surface area contributed by atoms with Crippen LogP contribution in [0.2, 0.25) is 0 Å². The topological polar surface area (TPSA) is 131 Å². The third kappa shape index (κ3) is 7.49. The highest BCUT2D eigenvalue weighted by atomic mass is 32.2. The van der Waals surface area contributed by atoms with Crippen molar-refractivity contribution in [3.05, 3.63) is 35.9 Å². The van der Waals surface area contributed by atoms with Gasteiger partial charge in [-0.2, -0.15) is 0 Å². The van der Waals surface area contributed by atoms with Crippen LogP contribution in [-0.2, 0) is 40.5 Å². The van der Waals surface area contributed by atoms with Gasteiger partial charge >= 0.3 is 6.09 Å². The van der Waals surface area contributed by atoms with Crippen LogP contribution in [0.5, 0.6) is 0 Å². The molecular formula is C23H31N3O8S. The number of carbonyl (C=O) groups excluding carboxylic acids is 4. The molecule has 3 amide bonds. The lowest BCUT2D eigenvalue weighted by Gasteiger charge is -2.29. The summed E-state index contributed by atoms with van der Waals surface area (Å²) in [6.45, 7) is 1.52. The number of ether oxygens (including phenoxy) is 2. The van der Waals surface area contributed by atoms with Crippen molar-refractivity contribution in [3.63, 3.8) is 0 Å². The largest absolute Gasteiger partial charge is 0.445 e. The van der Waals surface area contributed by atoms with Gasteiger partial charge in [-0.1, -0.05) is 30.3 Å². The van der Waals surface area contributed by atoms with E-state index in [0.29, 0.717) is 37.0 Å². The molecule has 2 aliphatic heterocycles. The first-order chi connectivity index (χ1) is 16.7. The second kappa shape index (κ2) is 12.1. The van der Waals surface area contributed by atoms with Crippen molar-refractivity contribution < 1.29 is 37.1 Å². The van der Waals surface area contributed by atoms with Crippen LogP contribution in [0.3, 0.4) is 0 Å². The molecule has 35 heavy (non-hydrogen) atoms. The molecule has 3 rings (SSSR count). The van der Waals surface area contributed by atoms with E-state index in [-0.39, 0.29) is 44.9 Å². The molecule has 12 heteroatoms. The van der Waals surface area contributed by atoms with Crippen LogP contribution in [0.25, 0.3) is 0 Å². The maximum atomic E-state index is 13.0. The molecule has 0 spiro atoms. The van der Waals surface area contributed by atoms with Gasteiger partial charge in [-0.3, -0.25) is 14.4 Å². The Morgan fingerprint density at radius 1 is 1.06 bits per heavy atom. The minimum absolute atomic E-state index is 0.0406. The summed E-state index contributed by atoms with van der Waals surface area (Å²) < 4.78 is 36.0. The van der Waals surface area contributed by atoms with Gasteiger partial charge in [-0.05, 0) is 18.4 Å². The van der Waals surface area contributed by atoms with Crippen molar-refractivity contribution in [2.24, 2.45) is 0 Å². The van der Waals surface area contributed by atoms with Gasteiger partial charge < -0.3 is 19.3 Å². The van der Waals surface area contributed by atoms with E-state index in [4.69, 9.17) is 9.47 Å². The minimum atomic E-state index is -4.09. The van der Waals surface area contributed by atoms with Gasteiger partial charge in [0.05, 0.1) is 26.0 Å². The van der Waals surface area contributed by atoms with Crippen molar-refractivity contribution in [2.75, 3.05) is 45.6 Å². The fourth-order valence-electron chi connectivity index (χ4n) is 4.11. The molecule has 1 unspecified atom stereocenters. The Kier molecular flexibility index (Phi) is 9.21. The summed E-state index contributed by atoms with van der Waals surface area (Å²) in [5, 5.41) is 0. The Balaban J connectivity index is 1.61. The van der Waals surface area contributed by atoms with Crippen molar-refractivity contribution in [3.8, 4) is 0 Å². The maximum Gasteiger partial charge on any atom is 0.410 e. The monoisotopic (exact) mass is 509 g/mol. The third-order valence-electron chi connectivity index (χ3n) is 5.89. The number of likely N-dealkylation sites (tertiary alicyclic amines) is 1. The number of carbonyl (C=O) groups is 4. The van der Waals surface area contributed by atoms with Gasteiger partial charge in [-0.25, -0.2) is 17.5 Å². The van der Waals surface area contributed by atoms with Gasteiger partial charge in [0.2, 0.25) is 21.8 Å². The molecule has 0 radical (unpaired) electrons. The van der Waals surface area contributed by atoms with E-state index in [2.05, 4.69) is 0 Å². The zero-order chi connectivity index (χ0) is 25.4. The molecule has 11 nitrogen and oxygen atoms in total. The van der Waals surface area contributed by atoms with Crippen LogP contribution < -0.4 is 0 Å². The number of hydrogen-bond donors (Lipinski definition) is 0. The standard InChI is InChI=1S/C23H31N3O8S/c1-35(31,32)26(22(29)10-9-21(28)24-12-14-33-15-13-24)19-8-5-11-25(16-20(19)27)23(30)34-17-18-6-3-2-4-7-18/h2-4,6-7,19H,5,8-17H2,1H3. The van der Waals surface area contributed by atoms with Gasteiger partial charge in [-0.15, -0.1) is 0 Å². The molecule has 1 aromatic carbocycles. The lowest BCUT2D eigenvalue weighted by atomic mass is 10.1. The number of Topliss-reactive ketones (excluding diaryl/α,β-unsaturated/α-hetero) is 1. The average molecular weight is 510 g/mol. The molecule has 2 fully saturated rings. The summed E-state index contributed by atoms with van der Waals surface area (Å²) in [6.07, 6.45) is 0.0646. The van der Waals surface area contributed by atoms with Crippen molar-refractivity contribution >= 4 is 33.7 Å². The highest BCUT2D eigenvalue weighted by molar-refractivity contribution is 7.88. The zero-order valence-electron chi connectivity index (χ0n) is 19.8. The van der Waals surface area contributed by atoms with Crippen molar-refractivity contribution in [1.82, 2.24) is 14.1 Å². The molecule has 1 aromatic rings. The van der Waals surface area contributed by atoms with E-state index in [1.807, 2.05) is 18.2 Å². The van der Waals surface area contributed by atoms with Crippen LogP contribution in [0, 0.1) is 0 Å². The van der Waals surface area contributed by atoms with E-state index < -0.39 is 33.8 Å². The second-order valence-electron chi connectivity index (χ2n) is 8.53. The first-order valence-electron chi connectivity index (χ1n) is 11.5. The average Bonchev–Trinajstić information content (AvgIpc) is 3.03. The first kappa shape index (κ1) is 26.6. The van der Waals surface area contributed by atoms with E-state index in [9.17, 15) is 27.6 Å². The summed E-state index contributed by atoms with van der Waals surface area (Å²) in [5.74, 6) is -1.65. The fourth-order valence-corrected chi connectivity index (χ4v) is 5.25. The number of rotatable bonds is 7. The summed E-state index contributed by atoms with van der Waals surface area (Å²) in [7, 11) is -4.09. The minimum Gasteiger partial charge on any atom is -0.445 e. The quantitative estimate of drug-likeness (QED) is 0.527. The summed E-state index contributed by atoms with van der Waals surface area (Å²) in [6, 6.07) is 7.84. The number of nitrogens with zero attached hydrogens (tertiary/aromatic N) is 3. The fraction of sp³-hybridized carbons (Fsp3) is 0.565. The van der Waals surface area contributed by atoms with Crippen LogP contribution in [-0.4, -0.2) is 97.9 Å². The molecule has 0 aliphatic carbocycles.